The van der Waals surface area contributed by atoms with Gasteiger partial charge in [-0.15, -0.1) is 0 Å². The number of nitrogens with zero attached hydrogens (tertiary/aromatic N) is 3. The van der Waals surface area contributed by atoms with Gasteiger partial charge in [0.25, 0.3) is 0 Å². The molecule has 3 aliphatic heterocycles. The maximum atomic E-state index is 15.3. The van der Waals surface area contributed by atoms with Crippen molar-refractivity contribution in [3.05, 3.63) is 70.9 Å². The number of benzene rings is 2. The Morgan fingerprint density at radius 1 is 0.626 bits per heavy atom. The highest BCUT2D eigenvalue weighted by Crippen LogP contribution is 2.23. The summed E-state index contributed by atoms with van der Waals surface area (Å²) in [5.41, 5.74) is 23.8. The lowest BCUT2D eigenvalue weighted by molar-refractivity contribution is -0.145. The molecule has 2 bridgehead atoms. The van der Waals surface area contributed by atoms with Crippen LogP contribution in [0.15, 0.2) is 64.7 Å². The maximum Gasteiger partial charge on any atom is 0.328 e. The summed E-state index contributed by atoms with van der Waals surface area (Å²) in [7, 11) is 0. The van der Waals surface area contributed by atoms with Crippen LogP contribution in [0, 0.1) is 5.92 Å². The highest BCUT2D eigenvalue weighted by molar-refractivity contribution is 6.30. The zero-order chi connectivity index (χ0) is 72.5. The summed E-state index contributed by atoms with van der Waals surface area (Å²) in [4.78, 5) is 212. The number of para-hydroxylation sites is 1. The number of carbonyl (C=O) groups is 14. The van der Waals surface area contributed by atoms with E-state index in [4.69, 9.17) is 34.5 Å². The fourth-order valence-corrected chi connectivity index (χ4v) is 11.5. The summed E-state index contributed by atoms with van der Waals surface area (Å²) in [5.74, 6) is -14.9. The quantitative estimate of drug-likeness (QED) is 0.0363. The molecule has 4 heterocycles. The molecule has 10 atom stereocenters. The van der Waals surface area contributed by atoms with Crippen molar-refractivity contribution < 1.29 is 72.2 Å². The Bertz CT molecular complexity index is 3500. The number of aromatic amines is 1. The lowest BCUT2D eigenvalue weighted by Crippen LogP contribution is -2.61. The fraction of sp³-hybridized carbons (Fsp3) is 0.524. The molecule has 22 N–H and O–H groups in total. The van der Waals surface area contributed by atoms with Crippen LogP contribution in [0.2, 0.25) is 5.02 Å². The number of amides is 13. The van der Waals surface area contributed by atoms with Gasteiger partial charge in [0.05, 0.1) is 13.0 Å². The number of rotatable bonds is 16. The van der Waals surface area contributed by atoms with E-state index in [-0.39, 0.29) is 102 Å². The minimum Gasteiger partial charge on any atom is -0.480 e. The number of carbonyl (C=O) groups excluding carboxylic acids is 13. The monoisotopic (exact) mass is 1400 g/mol. The molecule has 0 saturated carbocycles. The molecule has 13 amide bonds. The molecule has 3 aliphatic rings. The Morgan fingerprint density at radius 2 is 1.21 bits per heavy atom. The first-order chi connectivity index (χ1) is 47.0. The number of aliphatic imine (C=N–C) groups is 2. The van der Waals surface area contributed by atoms with Crippen molar-refractivity contribution in [3.8, 4) is 0 Å². The summed E-state index contributed by atoms with van der Waals surface area (Å²) in [6, 6.07) is -3.11. The average Bonchev–Trinajstić information content (AvgIpc) is 1.74. The summed E-state index contributed by atoms with van der Waals surface area (Å²) < 4.78 is 0. The van der Waals surface area contributed by atoms with Gasteiger partial charge in [0.15, 0.2) is 11.9 Å². The van der Waals surface area contributed by atoms with Crippen LogP contribution in [-0.2, 0) is 80.0 Å². The Kier molecular flexibility index (Phi) is 29.5. The first kappa shape index (κ1) is 77.4. The molecule has 538 valence electrons. The van der Waals surface area contributed by atoms with E-state index in [1.807, 2.05) is 0 Å². The smallest absolute Gasteiger partial charge is 0.328 e. The zero-order valence-corrected chi connectivity index (χ0v) is 55.9. The van der Waals surface area contributed by atoms with Crippen molar-refractivity contribution >= 4 is 117 Å². The van der Waals surface area contributed by atoms with E-state index in [9.17, 15) is 62.6 Å². The van der Waals surface area contributed by atoms with E-state index >= 15 is 9.59 Å². The molecule has 3 aromatic rings. The Labute approximate surface area is 574 Å². The number of nitrogens with one attached hydrogen (secondary N) is 13. The number of halogens is 1. The number of carboxylic acid groups (broad SMARTS) is 1. The number of aliphatic carboxylic acids is 1. The number of hydrogen-bond donors (Lipinski definition) is 18. The molecule has 1 aromatic heterocycles. The molecule has 99 heavy (non-hydrogen) atoms. The number of hydrogen-bond acceptors (Lipinski definition) is 16. The third-order valence-corrected chi connectivity index (χ3v) is 16.6. The van der Waals surface area contributed by atoms with Crippen molar-refractivity contribution in [1.82, 2.24) is 73.7 Å². The number of H-pyrrole nitrogens is 1. The van der Waals surface area contributed by atoms with Crippen LogP contribution in [0.5, 0.6) is 0 Å². The number of carboxylic acids is 1. The number of aromatic nitrogens is 1. The van der Waals surface area contributed by atoms with Crippen LogP contribution in [0.25, 0.3) is 10.9 Å². The maximum absolute atomic E-state index is 15.3. The summed E-state index contributed by atoms with van der Waals surface area (Å²) in [6.07, 6.45) is -1.39. The van der Waals surface area contributed by atoms with Gasteiger partial charge in [-0.3, -0.25) is 72.3 Å². The number of guanidine groups is 2. The third kappa shape index (κ3) is 24.8. The number of nitrogens with two attached hydrogens (primary N) is 4. The first-order valence-corrected chi connectivity index (χ1v) is 32.9. The van der Waals surface area contributed by atoms with Gasteiger partial charge in [0, 0.05) is 81.0 Å². The molecule has 6 rings (SSSR count). The van der Waals surface area contributed by atoms with Crippen LogP contribution < -0.4 is 86.7 Å². The van der Waals surface area contributed by atoms with Crippen LogP contribution in [0.1, 0.15) is 103 Å². The van der Waals surface area contributed by atoms with Crippen LogP contribution in [0.4, 0.5) is 0 Å². The molecule has 3 saturated heterocycles. The van der Waals surface area contributed by atoms with E-state index in [1.165, 1.54) is 17.0 Å². The molecule has 3 fully saturated rings. The van der Waals surface area contributed by atoms with Gasteiger partial charge in [-0.25, -0.2) is 4.79 Å². The van der Waals surface area contributed by atoms with E-state index in [0.717, 1.165) is 6.92 Å². The molecule has 2 aromatic carbocycles. The van der Waals surface area contributed by atoms with Crippen LogP contribution >= 0.6 is 11.6 Å². The molecule has 36 heteroatoms. The molecule has 0 unspecified atom stereocenters. The third-order valence-electron chi connectivity index (χ3n) is 16.4. The lowest BCUT2D eigenvalue weighted by atomic mass is 10.0. The predicted molar refractivity (Wildman–Crippen MR) is 359 cm³/mol. The van der Waals surface area contributed by atoms with Crippen molar-refractivity contribution in [2.24, 2.45) is 38.8 Å². The summed E-state index contributed by atoms with van der Waals surface area (Å²) >= 11 is 6.21. The zero-order valence-electron chi connectivity index (χ0n) is 55.2. The van der Waals surface area contributed by atoms with Gasteiger partial charge < -0.3 is 102 Å². The molecular weight excluding hydrogens is 1310 g/mol. The normalized spacial score (nSPS) is 24.4. The molecular formula is C63H89ClN20O15. The molecule has 0 aliphatic carbocycles. The topological polar surface area (TPSA) is 551 Å². The SMILES string of the molecule is CC(=O)N[C@H]1CCC(=O)NCC(=O)NCC[C@@H]2NC(=O)[C@H](CC(=O)NC[C@@H](C(=O)O)NC(=O)[C@@H]3CCCN3C(=O)[C@H](CCCN=C(N)N)NC(=O)[C@H](CC(C)C)NC(=O)[C@@H](CCCN=C(N)N)NC2=O)NC(=O)[C@@H](Cc2c[nH]c3ccccc23)NC(=O)[C@@H](Cc2ccc(Cl)cc2)NC1=O. The van der Waals surface area contributed by atoms with Crippen LogP contribution in [0.3, 0.4) is 0 Å². The highest BCUT2D eigenvalue weighted by atomic mass is 35.5. The van der Waals surface area contributed by atoms with Gasteiger partial charge in [0.1, 0.15) is 60.4 Å². The van der Waals surface area contributed by atoms with E-state index in [0.29, 0.717) is 27.1 Å². The van der Waals surface area contributed by atoms with Gasteiger partial charge >= 0.3 is 5.97 Å². The van der Waals surface area contributed by atoms with Gasteiger partial charge in [-0.05, 0) is 93.0 Å². The van der Waals surface area contributed by atoms with E-state index in [2.05, 4.69) is 78.8 Å². The van der Waals surface area contributed by atoms with Crippen molar-refractivity contribution in [3.63, 3.8) is 0 Å². The largest absolute Gasteiger partial charge is 0.480 e. The van der Waals surface area contributed by atoms with Gasteiger partial charge in [-0.1, -0.05) is 55.8 Å². The second-order valence-electron chi connectivity index (χ2n) is 24.7. The van der Waals surface area contributed by atoms with Gasteiger partial charge in [-0.2, -0.15) is 0 Å². The minimum atomic E-state index is -2.07. The van der Waals surface area contributed by atoms with Crippen LogP contribution in [-0.4, -0.2) is 209 Å². The first-order valence-electron chi connectivity index (χ1n) is 32.5. The summed E-state index contributed by atoms with van der Waals surface area (Å²) in [5, 5.41) is 41.9. The lowest BCUT2D eigenvalue weighted by Gasteiger charge is -2.31. The van der Waals surface area contributed by atoms with E-state index in [1.54, 1.807) is 56.4 Å². The fourth-order valence-electron chi connectivity index (χ4n) is 11.3. The summed E-state index contributed by atoms with van der Waals surface area (Å²) in [6.45, 7) is 2.53. The molecule has 0 spiro atoms. The standard InChI is InChI=1S/C63H89ClN20O15/c1-32(2)25-43-55(92)78-42(12-7-22-71-63(67)68)60(97)84-24-8-13-48(84)59(96)83-47(61(98)99)30-73-50(87)28-46-58(95)77-41(54(91)76-39(52(89)79-43)11-6-21-70-62(65)66)20-23-69-51(88)31-74-49(86)19-18-40(75-33(3)85)53(90)80-44(26-34-14-16-36(64)17-15-34)56(93)81-45(57(94)82-46)27-35-29-72-38-10-5-4-9-37(35)38/h4-5,9-10,14-17,29,32,39-48,72H,6-8,11-13,18-28,30-31H2,1-3H3,(H,69,88)(H,73,87)(H,74,86)(H,75,85)(H,76,91)(H,77,95)(H,78,92)(H,79,89)(H,80,90)(H,81,93)(H,82,94)(H,83,96)(H,98,99)(H4,65,66,70)(H4,67,68,71)/t39-,40+,41+,42+,43+,44-,45-,46+,47+,48+/m1/s1. The molecule has 0 radical (unpaired) electrons. The van der Waals surface area contributed by atoms with Crippen molar-refractivity contribution in [1.29, 1.82) is 0 Å². The van der Waals surface area contributed by atoms with Gasteiger partial charge in [0.2, 0.25) is 76.8 Å². The average molecular weight is 1400 g/mol. The number of fused-ring (bicyclic) bond motifs is 5. The second kappa shape index (κ2) is 37.8. The van der Waals surface area contributed by atoms with E-state index < -0.39 is 182 Å². The van der Waals surface area contributed by atoms with Crippen molar-refractivity contribution in [2.45, 2.75) is 165 Å². The second-order valence-corrected chi connectivity index (χ2v) is 25.1. The van der Waals surface area contributed by atoms with Crippen molar-refractivity contribution in [2.75, 3.05) is 39.3 Å². The highest BCUT2D eigenvalue weighted by Gasteiger charge is 2.41. The Hall–Kier alpha value is -10.6. The predicted octanol–water partition coefficient (Wildman–Crippen LogP) is -4.85. The minimum absolute atomic E-state index is 0.00710. The molecule has 35 nitrogen and oxygen atoms in total. The Morgan fingerprint density at radius 3 is 1.88 bits per heavy atom. The Balaban J connectivity index is 1.48.